The van der Waals surface area contributed by atoms with Gasteiger partial charge in [-0.3, -0.25) is 0 Å². The Hall–Kier alpha value is -0.240. The minimum absolute atomic E-state index is 0.428. The van der Waals surface area contributed by atoms with Crippen molar-refractivity contribution in [2.45, 2.75) is 95.4 Å². The van der Waals surface area contributed by atoms with Crippen LogP contribution in [0.5, 0.6) is 0 Å². The van der Waals surface area contributed by atoms with Gasteiger partial charge >= 0.3 is 0 Å². The Kier molecular flexibility index (Phi) is 11.0. The summed E-state index contributed by atoms with van der Waals surface area (Å²) in [4.78, 5) is 0. The van der Waals surface area contributed by atoms with E-state index in [0.717, 1.165) is 12.8 Å². The van der Waals surface area contributed by atoms with Crippen molar-refractivity contribution >= 4 is 0 Å². The van der Waals surface area contributed by atoms with Crippen LogP contribution in [-0.2, 0) is 9.47 Å². The third-order valence-corrected chi connectivity index (χ3v) is 4.38. The van der Waals surface area contributed by atoms with E-state index >= 15 is 0 Å². The van der Waals surface area contributed by atoms with Crippen LogP contribution in [0.1, 0.15) is 64.7 Å². The number of aliphatic hydroxyl groups is 4. The minimum Gasteiger partial charge on any atom is -0.394 e. The van der Waals surface area contributed by atoms with E-state index < -0.39 is 37.3 Å². The molecule has 0 aromatic carbocycles. The molecule has 4 N–H and O–H groups in total. The average Bonchev–Trinajstić information content (AvgIpc) is 2.56. The molecule has 0 amide bonds. The Bertz CT molecular complexity index is 286. The molecular weight excluding hydrogens is 300 g/mol. The van der Waals surface area contributed by atoms with Crippen molar-refractivity contribution in [3.05, 3.63) is 0 Å². The highest BCUT2D eigenvalue weighted by Gasteiger charge is 2.43. The van der Waals surface area contributed by atoms with Gasteiger partial charge in [-0.2, -0.15) is 0 Å². The van der Waals surface area contributed by atoms with Gasteiger partial charge in [0.1, 0.15) is 24.4 Å². The molecule has 0 aromatic rings. The van der Waals surface area contributed by atoms with Gasteiger partial charge in [-0.05, 0) is 6.42 Å². The summed E-state index contributed by atoms with van der Waals surface area (Å²) < 4.78 is 10.7. The second kappa shape index (κ2) is 12.2. The van der Waals surface area contributed by atoms with E-state index in [1.54, 1.807) is 0 Å². The zero-order valence-electron chi connectivity index (χ0n) is 14.3. The Labute approximate surface area is 139 Å². The van der Waals surface area contributed by atoms with Crippen LogP contribution in [0, 0.1) is 0 Å². The van der Waals surface area contributed by atoms with Crippen molar-refractivity contribution in [2.24, 2.45) is 0 Å². The molecule has 1 rings (SSSR count). The Morgan fingerprint density at radius 1 is 0.783 bits per heavy atom. The lowest BCUT2D eigenvalue weighted by Gasteiger charge is -2.39. The van der Waals surface area contributed by atoms with Gasteiger partial charge in [0.25, 0.3) is 0 Å². The normalized spacial score (nSPS) is 31.4. The first kappa shape index (κ1) is 20.8. The van der Waals surface area contributed by atoms with Gasteiger partial charge in [0.15, 0.2) is 6.29 Å². The highest BCUT2D eigenvalue weighted by atomic mass is 16.7. The van der Waals surface area contributed by atoms with Crippen LogP contribution in [-0.4, -0.2) is 64.3 Å². The van der Waals surface area contributed by atoms with Crippen molar-refractivity contribution in [1.82, 2.24) is 0 Å². The maximum absolute atomic E-state index is 9.82. The quantitative estimate of drug-likeness (QED) is 0.402. The van der Waals surface area contributed by atoms with Gasteiger partial charge in [0.2, 0.25) is 0 Å². The highest BCUT2D eigenvalue weighted by Crippen LogP contribution is 2.22. The zero-order chi connectivity index (χ0) is 17.1. The number of hydrogen-bond acceptors (Lipinski definition) is 6. The van der Waals surface area contributed by atoms with E-state index in [1.807, 2.05) is 0 Å². The molecule has 23 heavy (non-hydrogen) atoms. The number of rotatable bonds is 12. The van der Waals surface area contributed by atoms with Gasteiger partial charge in [-0.1, -0.05) is 58.3 Å². The first-order chi connectivity index (χ1) is 11.1. The first-order valence-electron chi connectivity index (χ1n) is 9.04. The van der Waals surface area contributed by atoms with Crippen molar-refractivity contribution in [3.8, 4) is 0 Å². The van der Waals surface area contributed by atoms with E-state index in [9.17, 15) is 15.3 Å². The van der Waals surface area contributed by atoms with Gasteiger partial charge in [-0.15, -0.1) is 0 Å². The lowest BCUT2D eigenvalue weighted by atomic mass is 9.99. The molecule has 1 saturated heterocycles. The molecule has 0 aliphatic carbocycles. The number of unbranched alkanes of at least 4 members (excludes halogenated alkanes) is 8. The fourth-order valence-corrected chi connectivity index (χ4v) is 2.82. The molecule has 0 saturated carbocycles. The molecule has 0 unspecified atom stereocenters. The molecule has 138 valence electrons. The monoisotopic (exact) mass is 334 g/mol. The van der Waals surface area contributed by atoms with Crippen LogP contribution in [0.15, 0.2) is 0 Å². The fourth-order valence-electron chi connectivity index (χ4n) is 2.82. The molecule has 1 heterocycles. The molecular formula is C17H34O6. The summed E-state index contributed by atoms with van der Waals surface area (Å²) in [5.74, 6) is 0. The summed E-state index contributed by atoms with van der Waals surface area (Å²) in [5, 5.41) is 38.2. The zero-order valence-corrected chi connectivity index (χ0v) is 14.3. The van der Waals surface area contributed by atoms with E-state index in [-0.39, 0.29) is 0 Å². The van der Waals surface area contributed by atoms with Gasteiger partial charge in [0, 0.05) is 6.61 Å². The van der Waals surface area contributed by atoms with Crippen molar-refractivity contribution in [1.29, 1.82) is 0 Å². The second-order valence-electron chi connectivity index (χ2n) is 6.40. The molecule has 6 nitrogen and oxygen atoms in total. The Balaban J connectivity index is 2.06. The molecule has 1 aliphatic heterocycles. The Morgan fingerprint density at radius 2 is 1.35 bits per heavy atom. The second-order valence-corrected chi connectivity index (χ2v) is 6.40. The van der Waals surface area contributed by atoms with Crippen molar-refractivity contribution < 1.29 is 29.9 Å². The minimum atomic E-state index is -1.37. The standard InChI is InChI=1S/C17H34O6/c1-2-3-4-5-6-7-8-9-10-11-22-17-16(21)15(20)14(19)13(12-18)23-17/h13-21H,2-12H2,1H3/t13-,14+,15+,16-,17+/m1/s1. The van der Waals surface area contributed by atoms with E-state index in [4.69, 9.17) is 14.6 Å². The lowest BCUT2D eigenvalue weighted by molar-refractivity contribution is -0.301. The summed E-state index contributed by atoms with van der Waals surface area (Å²) in [7, 11) is 0. The van der Waals surface area contributed by atoms with Gasteiger partial charge in [0.05, 0.1) is 6.61 Å². The molecule has 6 heteroatoms. The van der Waals surface area contributed by atoms with Crippen LogP contribution < -0.4 is 0 Å². The van der Waals surface area contributed by atoms with E-state index in [2.05, 4.69) is 6.92 Å². The van der Waals surface area contributed by atoms with Gasteiger partial charge in [-0.25, -0.2) is 0 Å². The average molecular weight is 334 g/mol. The number of hydrogen-bond donors (Lipinski definition) is 4. The lowest BCUT2D eigenvalue weighted by Crippen LogP contribution is -2.59. The smallest absolute Gasteiger partial charge is 0.186 e. The SMILES string of the molecule is CCCCCCCCCCCO[C@H]1O[C@H](CO)[C@H](O)[C@H](O)[C@H]1O. The predicted molar refractivity (Wildman–Crippen MR) is 86.9 cm³/mol. The first-order valence-corrected chi connectivity index (χ1v) is 9.04. The summed E-state index contributed by atoms with van der Waals surface area (Å²) in [6.45, 7) is 2.22. The van der Waals surface area contributed by atoms with Crippen LogP contribution in [0.4, 0.5) is 0 Å². The maximum atomic E-state index is 9.82. The number of ether oxygens (including phenoxy) is 2. The summed E-state index contributed by atoms with van der Waals surface area (Å²) in [5.41, 5.74) is 0. The topological polar surface area (TPSA) is 99.4 Å². The Morgan fingerprint density at radius 3 is 1.91 bits per heavy atom. The van der Waals surface area contributed by atoms with Gasteiger partial charge < -0.3 is 29.9 Å². The molecule has 5 atom stereocenters. The molecule has 1 fully saturated rings. The maximum Gasteiger partial charge on any atom is 0.186 e. The van der Waals surface area contributed by atoms with Crippen LogP contribution >= 0.6 is 0 Å². The van der Waals surface area contributed by atoms with Crippen molar-refractivity contribution in [2.75, 3.05) is 13.2 Å². The van der Waals surface area contributed by atoms with E-state index in [0.29, 0.717) is 6.61 Å². The summed E-state index contributed by atoms with van der Waals surface area (Å²) in [6.07, 6.45) is 4.97. The summed E-state index contributed by atoms with van der Waals surface area (Å²) >= 11 is 0. The third-order valence-electron chi connectivity index (χ3n) is 4.38. The molecule has 0 bridgehead atoms. The van der Waals surface area contributed by atoms with Crippen LogP contribution in [0.2, 0.25) is 0 Å². The fraction of sp³-hybridized carbons (Fsp3) is 1.00. The molecule has 0 spiro atoms. The van der Waals surface area contributed by atoms with E-state index in [1.165, 1.54) is 44.9 Å². The molecule has 0 aromatic heterocycles. The number of aliphatic hydroxyl groups excluding tert-OH is 4. The van der Waals surface area contributed by atoms with Crippen LogP contribution in [0.3, 0.4) is 0 Å². The summed E-state index contributed by atoms with van der Waals surface area (Å²) in [6, 6.07) is 0. The predicted octanol–water partition coefficient (Wildman–Crippen LogP) is 1.33. The highest BCUT2D eigenvalue weighted by molar-refractivity contribution is 4.88. The van der Waals surface area contributed by atoms with Crippen LogP contribution in [0.25, 0.3) is 0 Å². The molecule has 0 radical (unpaired) electrons. The van der Waals surface area contributed by atoms with Crippen molar-refractivity contribution in [3.63, 3.8) is 0 Å². The molecule has 1 aliphatic rings. The third kappa shape index (κ3) is 7.45. The largest absolute Gasteiger partial charge is 0.394 e.